The van der Waals surface area contributed by atoms with Crippen LogP contribution >= 0.6 is 9.24 Å². The summed E-state index contributed by atoms with van der Waals surface area (Å²) in [4.78, 5) is 12.6. The fourth-order valence-electron chi connectivity index (χ4n) is 4.79. The molecule has 1 aliphatic heterocycles. The quantitative estimate of drug-likeness (QED) is 0.164. The number of ether oxygens (including phenoxy) is 4. The van der Waals surface area contributed by atoms with E-state index in [2.05, 4.69) is 28.4 Å². The Kier molecular flexibility index (Phi) is 11.3. The number of aliphatic hydroxyl groups excluding tert-OH is 1. The molecular formula is C30H41FNO6P. The highest BCUT2D eigenvalue weighted by molar-refractivity contribution is 7.28. The van der Waals surface area contributed by atoms with Crippen LogP contribution in [0.3, 0.4) is 0 Å². The van der Waals surface area contributed by atoms with Crippen molar-refractivity contribution in [1.82, 2.24) is 0 Å². The van der Waals surface area contributed by atoms with Gasteiger partial charge in [0.15, 0.2) is 34.6 Å². The predicted molar refractivity (Wildman–Crippen MR) is 156 cm³/mol. The second-order valence-corrected chi connectivity index (χ2v) is 10.6. The topological polar surface area (TPSA) is 86.2 Å². The second kappa shape index (κ2) is 14.4. The van der Waals surface area contributed by atoms with Gasteiger partial charge in [-0.25, -0.2) is 4.39 Å². The van der Waals surface area contributed by atoms with E-state index in [1.165, 1.54) is 7.11 Å². The summed E-state index contributed by atoms with van der Waals surface area (Å²) in [5.41, 5.74) is 3.46. The Balaban J connectivity index is 1.65. The molecule has 0 amide bonds. The molecule has 0 bridgehead atoms. The maximum absolute atomic E-state index is 15.5. The summed E-state index contributed by atoms with van der Waals surface area (Å²) in [6, 6.07) is 3.39. The molecule has 2 N–H and O–H groups in total. The number of Topliss-reactive ketones (excluding diaryl/α,β-unsaturated/α-hetero) is 1. The second-order valence-electron chi connectivity index (χ2n) is 10.0. The van der Waals surface area contributed by atoms with Crippen LogP contribution in [0.15, 0.2) is 24.5 Å². The predicted octanol–water partition coefficient (Wildman–Crippen LogP) is 5.71. The molecule has 7 nitrogen and oxygen atoms in total. The van der Waals surface area contributed by atoms with E-state index < -0.39 is 0 Å². The van der Waals surface area contributed by atoms with E-state index in [1.54, 1.807) is 13.2 Å². The summed E-state index contributed by atoms with van der Waals surface area (Å²) in [6.45, 7) is 6.72. The molecule has 2 unspecified atom stereocenters. The number of nitrogens with one attached hydrogen (secondary N) is 1. The van der Waals surface area contributed by atoms with Gasteiger partial charge >= 0.3 is 0 Å². The third-order valence-electron chi connectivity index (χ3n) is 6.78. The number of benzene rings is 2. The van der Waals surface area contributed by atoms with Crippen LogP contribution in [0, 0.1) is 11.7 Å². The molecule has 214 valence electrons. The van der Waals surface area contributed by atoms with Crippen LogP contribution in [0.25, 0.3) is 0 Å². The number of aliphatic hydroxyl groups is 1. The van der Waals surface area contributed by atoms with Gasteiger partial charge < -0.3 is 29.4 Å². The smallest absolute Gasteiger partial charge is 0.197 e. The number of carbonyl (C=O) groups is 1. The van der Waals surface area contributed by atoms with Gasteiger partial charge in [-0.1, -0.05) is 20.8 Å². The van der Waals surface area contributed by atoms with Gasteiger partial charge in [0.1, 0.15) is 0 Å². The van der Waals surface area contributed by atoms with E-state index in [0.717, 1.165) is 34.8 Å². The standard InChI is InChI=1S/C30H41FNO6P/c1-6-19-15-25(35-4)28(27(31)20(19)14-18(2)3)37-12-9-13-38-29-26(36-5)17-22-21(30(29)39)16-23(32-22)24(34)10-7-8-11-33/h8,11,15,17-18,23,32-33H,6-7,9-10,12-14,16,39H2,1-5H3/b11-8-. The van der Waals surface area contributed by atoms with E-state index in [-0.39, 0.29) is 30.0 Å². The average Bonchev–Trinajstić information content (AvgIpc) is 3.35. The Morgan fingerprint density at radius 3 is 2.46 bits per heavy atom. The minimum atomic E-state index is -0.350. The molecule has 0 spiro atoms. The fraction of sp³-hybridized carbons (Fsp3) is 0.500. The van der Waals surface area contributed by atoms with E-state index >= 15 is 4.39 Å². The molecule has 2 atom stereocenters. The molecule has 3 rings (SSSR count). The molecule has 0 radical (unpaired) electrons. The van der Waals surface area contributed by atoms with Crippen LogP contribution in [0.1, 0.15) is 56.7 Å². The number of methoxy groups -OCH3 is 2. The fourth-order valence-corrected chi connectivity index (χ4v) is 5.29. The highest BCUT2D eigenvalue weighted by atomic mass is 31.0. The van der Waals surface area contributed by atoms with Crippen molar-refractivity contribution in [3.8, 4) is 23.0 Å². The van der Waals surface area contributed by atoms with Crippen molar-refractivity contribution >= 4 is 26.0 Å². The summed E-state index contributed by atoms with van der Waals surface area (Å²) >= 11 is 0. The average molecular weight is 562 g/mol. The number of hydrogen-bond donors (Lipinski definition) is 2. The van der Waals surface area contributed by atoms with Crippen LogP contribution in [-0.2, 0) is 24.1 Å². The van der Waals surface area contributed by atoms with Gasteiger partial charge in [0.25, 0.3) is 0 Å². The number of rotatable bonds is 15. The number of allylic oxidation sites excluding steroid dienone is 1. The lowest BCUT2D eigenvalue weighted by Gasteiger charge is -2.19. The summed E-state index contributed by atoms with van der Waals surface area (Å²) in [6.07, 6.45) is 5.78. The zero-order valence-corrected chi connectivity index (χ0v) is 24.7. The van der Waals surface area contributed by atoms with Crippen molar-refractivity contribution < 1.29 is 33.2 Å². The molecule has 0 saturated carbocycles. The van der Waals surface area contributed by atoms with Crippen LogP contribution in [0.5, 0.6) is 23.0 Å². The molecule has 39 heavy (non-hydrogen) atoms. The number of halogens is 1. The molecular weight excluding hydrogens is 520 g/mol. The Bertz CT molecular complexity index is 1180. The van der Waals surface area contributed by atoms with Crippen molar-refractivity contribution in [1.29, 1.82) is 0 Å². The molecule has 0 fully saturated rings. The van der Waals surface area contributed by atoms with Gasteiger partial charge in [0.05, 0.1) is 39.7 Å². The first-order valence-electron chi connectivity index (χ1n) is 13.5. The molecule has 1 aliphatic rings. The lowest BCUT2D eigenvalue weighted by molar-refractivity contribution is -0.119. The molecule has 0 saturated heterocycles. The highest BCUT2D eigenvalue weighted by Crippen LogP contribution is 2.38. The molecule has 9 heteroatoms. The summed E-state index contributed by atoms with van der Waals surface area (Å²) in [5.74, 6) is 1.74. The summed E-state index contributed by atoms with van der Waals surface area (Å²) in [5, 5.41) is 12.9. The Labute approximate surface area is 233 Å². The van der Waals surface area contributed by atoms with Crippen LogP contribution in [0.4, 0.5) is 10.1 Å². The number of anilines is 1. The minimum Gasteiger partial charge on any atom is -0.516 e. The molecule has 0 aliphatic carbocycles. The maximum Gasteiger partial charge on any atom is 0.197 e. The zero-order valence-electron chi connectivity index (χ0n) is 23.6. The van der Waals surface area contributed by atoms with Gasteiger partial charge in [-0.05, 0) is 54.0 Å². The summed E-state index contributed by atoms with van der Waals surface area (Å²) < 4.78 is 38.4. The largest absolute Gasteiger partial charge is 0.516 e. The van der Waals surface area contributed by atoms with E-state index in [0.29, 0.717) is 67.4 Å². The van der Waals surface area contributed by atoms with Crippen molar-refractivity contribution in [3.63, 3.8) is 0 Å². The van der Waals surface area contributed by atoms with Crippen molar-refractivity contribution in [2.75, 3.05) is 32.8 Å². The molecule has 2 aromatic rings. The Morgan fingerprint density at radius 1 is 1.18 bits per heavy atom. The first-order chi connectivity index (χ1) is 18.7. The summed E-state index contributed by atoms with van der Waals surface area (Å²) in [7, 11) is 5.80. The number of hydrogen-bond acceptors (Lipinski definition) is 7. The number of aryl methyl sites for hydroxylation is 1. The van der Waals surface area contributed by atoms with Gasteiger partial charge in [-0.15, -0.1) is 9.24 Å². The third-order valence-corrected chi connectivity index (χ3v) is 7.39. The van der Waals surface area contributed by atoms with Crippen molar-refractivity contribution in [3.05, 3.63) is 47.0 Å². The highest BCUT2D eigenvalue weighted by Gasteiger charge is 2.30. The van der Waals surface area contributed by atoms with Gasteiger partial charge in [0.2, 0.25) is 0 Å². The van der Waals surface area contributed by atoms with E-state index in [1.807, 2.05) is 19.1 Å². The maximum atomic E-state index is 15.5. The molecule has 1 heterocycles. The van der Waals surface area contributed by atoms with Crippen molar-refractivity contribution in [2.24, 2.45) is 5.92 Å². The number of carbonyl (C=O) groups excluding carboxylic acids is 1. The normalized spacial score (nSPS) is 14.4. The first kappa shape index (κ1) is 30.6. The lowest BCUT2D eigenvalue weighted by Crippen LogP contribution is -2.26. The van der Waals surface area contributed by atoms with Crippen LogP contribution in [0.2, 0.25) is 0 Å². The molecule has 0 aromatic heterocycles. The van der Waals surface area contributed by atoms with Crippen LogP contribution in [-0.4, -0.2) is 44.4 Å². The van der Waals surface area contributed by atoms with Gasteiger partial charge in [0, 0.05) is 36.3 Å². The van der Waals surface area contributed by atoms with E-state index in [4.69, 9.17) is 24.1 Å². The van der Waals surface area contributed by atoms with Crippen LogP contribution < -0.4 is 29.6 Å². The van der Waals surface area contributed by atoms with Crippen molar-refractivity contribution in [2.45, 2.75) is 65.3 Å². The van der Waals surface area contributed by atoms with Gasteiger partial charge in [-0.3, -0.25) is 4.79 Å². The molecule has 2 aromatic carbocycles. The third kappa shape index (κ3) is 7.36. The monoisotopic (exact) mass is 561 g/mol. The van der Waals surface area contributed by atoms with E-state index in [9.17, 15) is 4.79 Å². The lowest BCUT2D eigenvalue weighted by atomic mass is 9.95. The zero-order chi connectivity index (χ0) is 28.5. The Morgan fingerprint density at radius 2 is 1.85 bits per heavy atom. The number of fused-ring (bicyclic) bond motifs is 1. The minimum absolute atomic E-state index is 0.0819. The van der Waals surface area contributed by atoms with Gasteiger partial charge in [-0.2, -0.15) is 0 Å². The Hall–Kier alpha value is -2.99. The SMILES string of the molecule is CCc1cc(OC)c(OCCCOc2c(OC)cc3c(c2P)CC(C(=O)CC/C=C\O)N3)c(F)c1CC(C)C. The first-order valence-corrected chi connectivity index (χ1v) is 14.0. The number of ketones is 1.